The molecule has 22 heavy (non-hydrogen) atoms. The van der Waals surface area contributed by atoms with Gasteiger partial charge in [0.25, 0.3) is 0 Å². The topological polar surface area (TPSA) is 87.9 Å². The van der Waals surface area contributed by atoms with Crippen molar-refractivity contribution >= 4 is 35.1 Å². The standard InChI is InChI=1S/C14H14ClN3O3S/c1-8(19)9(2)22-14-17-16-13(18(14)7-12(20)21)10-3-5-11(15)6-4-10/h3-6,9H,7H2,1-2H3,(H,20,21)/p-1/t9-/m1/s1. The van der Waals surface area contributed by atoms with Crippen LogP contribution in [0.15, 0.2) is 29.4 Å². The van der Waals surface area contributed by atoms with Gasteiger partial charge in [-0.1, -0.05) is 23.4 Å². The lowest BCUT2D eigenvalue weighted by molar-refractivity contribution is -0.306. The molecule has 0 unspecified atom stereocenters. The molecule has 0 N–H and O–H groups in total. The summed E-state index contributed by atoms with van der Waals surface area (Å²) in [5.74, 6) is -0.896. The largest absolute Gasteiger partial charge is 0.548 e. The fourth-order valence-electron chi connectivity index (χ4n) is 1.70. The van der Waals surface area contributed by atoms with Crippen LogP contribution in [0, 0.1) is 0 Å². The second kappa shape index (κ2) is 6.93. The van der Waals surface area contributed by atoms with Crippen molar-refractivity contribution in [3.05, 3.63) is 29.3 Å². The van der Waals surface area contributed by atoms with Crippen LogP contribution in [0.5, 0.6) is 0 Å². The van der Waals surface area contributed by atoms with E-state index in [1.165, 1.54) is 11.5 Å². The van der Waals surface area contributed by atoms with E-state index in [1.54, 1.807) is 31.2 Å². The van der Waals surface area contributed by atoms with Crippen LogP contribution in [0.1, 0.15) is 13.8 Å². The smallest absolute Gasteiger partial charge is 0.192 e. The van der Waals surface area contributed by atoms with E-state index in [0.29, 0.717) is 21.6 Å². The Bertz CT molecular complexity index is 700. The zero-order valence-electron chi connectivity index (χ0n) is 11.9. The zero-order chi connectivity index (χ0) is 16.3. The van der Waals surface area contributed by atoms with Crippen molar-refractivity contribution in [3.8, 4) is 11.4 Å². The van der Waals surface area contributed by atoms with Gasteiger partial charge < -0.3 is 9.90 Å². The van der Waals surface area contributed by atoms with Crippen LogP contribution in [0.2, 0.25) is 5.02 Å². The highest BCUT2D eigenvalue weighted by molar-refractivity contribution is 8.00. The van der Waals surface area contributed by atoms with Crippen molar-refractivity contribution in [2.75, 3.05) is 0 Å². The average molecular weight is 339 g/mol. The Hall–Kier alpha value is -1.86. The molecule has 0 aliphatic rings. The van der Waals surface area contributed by atoms with E-state index in [-0.39, 0.29) is 11.0 Å². The molecule has 1 heterocycles. The second-order valence-corrected chi connectivity index (χ2v) is 6.39. The molecule has 1 aromatic heterocycles. The van der Waals surface area contributed by atoms with Gasteiger partial charge in [0.2, 0.25) is 0 Å². The van der Waals surface area contributed by atoms with Crippen molar-refractivity contribution < 1.29 is 14.7 Å². The molecule has 0 aliphatic heterocycles. The summed E-state index contributed by atoms with van der Waals surface area (Å²) in [6.45, 7) is 2.81. The van der Waals surface area contributed by atoms with E-state index in [4.69, 9.17) is 11.6 Å². The molecule has 6 nitrogen and oxygen atoms in total. The molecule has 0 saturated heterocycles. The summed E-state index contributed by atoms with van der Waals surface area (Å²) in [7, 11) is 0. The van der Waals surface area contributed by atoms with Crippen LogP contribution in [-0.2, 0) is 16.1 Å². The molecule has 8 heteroatoms. The molecule has 1 atom stereocenters. The van der Waals surface area contributed by atoms with Crippen LogP contribution >= 0.6 is 23.4 Å². The van der Waals surface area contributed by atoms with Gasteiger partial charge >= 0.3 is 0 Å². The molecule has 0 saturated carbocycles. The van der Waals surface area contributed by atoms with Gasteiger partial charge in [0.05, 0.1) is 17.8 Å². The Morgan fingerprint density at radius 3 is 2.50 bits per heavy atom. The number of Topliss-reactive ketones (excluding diaryl/α,β-unsaturated/α-hetero) is 1. The summed E-state index contributed by atoms with van der Waals surface area (Å²) < 4.78 is 1.42. The molecule has 0 bridgehead atoms. The normalized spacial score (nSPS) is 12.1. The Morgan fingerprint density at radius 2 is 1.95 bits per heavy atom. The zero-order valence-corrected chi connectivity index (χ0v) is 13.5. The second-order valence-electron chi connectivity index (χ2n) is 4.64. The summed E-state index contributed by atoms with van der Waals surface area (Å²) in [6, 6.07) is 6.81. The first-order chi connectivity index (χ1) is 10.4. The van der Waals surface area contributed by atoms with Crippen LogP contribution in [0.3, 0.4) is 0 Å². The van der Waals surface area contributed by atoms with Gasteiger partial charge in [-0.25, -0.2) is 0 Å². The number of nitrogens with zero attached hydrogens (tertiary/aromatic N) is 3. The molecule has 116 valence electrons. The van der Waals surface area contributed by atoms with Crippen molar-refractivity contribution in [3.63, 3.8) is 0 Å². The van der Waals surface area contributed by atoms with E-state index in [2.05, 4.69) is 10.2 Å². The van der Waals surface area contributed by atoms with Crippen LogP contribution in [0.25, 0.3) is 11.4 Å². The van der Waals surface area contributed by atoms with E-state index in [9.17, 15) is 14.7 Å². The maximum Gasteiger partial charge on any atom is 0.192 e. The first kappa shape index (κ1) is 16.5. The third-order valence-corrected chi connectivity index (χ3v) is 4.41. The van der Waals surface area contributed by atoms with Crippen molar-refractivity contribution in [1.82, 2.24) is 14.8 Å². The number of carboxylic acids is 1. The maximum absolute atomic E-state index is 11.4. The number of hydrogen-bond acceptors (Lipinski definition) is 6. The fraction of sp³-hybridized carbons (Fsp3) is 0.286. The Balaban J connectivity index is 2.41. The Labute approximate surface area is 136 Å². The van der Waals surface area contributed by atoms with Gasteiger partial charge in [0.15, 0.2) is 11.0 Å². The summed E-state index contributed by atoms with van der Waals surface area (Å²) >= 11 is 7.01. The van der Waals surface area contributed by atoms with Gasteiger partial charge in [-0.2, -0.15) is 0 Å². The molecule has 0 spiro atoms. The highest BCUT2D eigenvalue weighted by Crippen LogP contribution is 2.27. The predicted molar refractivity (Wildman–Crippen MR) is 81.5 cm³/mol. The summed E-state index contributed by atoms with van der Waals surface area (Å²) in [6.07, 6.45) is 0. The first-order valence-electron chi connectivity index (χ1n) is 6.44. The van der Waals surface area contributed by atoms with Gasteiger partial charge in [-0.15, -0.1) is 10.2 Å². The third-order valence-electron chi connectivity index (χ3n) is 2.96. The molecule has 0 aliphatic carbocycles. The van der Waals surface area contributed by atoms with Crippen molar-refractivity contribution in [1.29, 1.82) is 0 Å². The van der Waals surface area contributed by atoms with Crippen molar-refractivity contribution in [2.24, 2.45) is 0 Å². The predicted octanol–water partition coefficient (Wildman–Crippen LogP) is 1.42. The molecule has 2 rings (SSSR count). The summed E-state index contributed by atoms with van der Waals surface area (Å²) in [5, 5.41) is 19.6. The van der Waals surface area contributed by atoms with E-state index in [1.807, 2.05) is 0 Å². The lowest BCUT2D eigenvalue weighted by Crippen LogP contribution is -2.28. The number of thioether (sulfide) groups is 1. The highest BCUT2D eigenvalue weighted by atomic mass is 35.5. The fourth-order valence-corrected chi connectivity index (χ4v) is 2.68. The number of ketones is 1. The average Bonchev–Trinajstić information content (AvgIpc) is 2.82. The highest BCUT2D eigenvalue weighted by Gasteiger charge is 2.18. The summed E-state index contributed by atoms with van der Waals surface area (Å²) in [5.41, 5.74) is 0.681. The Morgan fingerprint density at radius 1 is 1.32 bits per heavy atom. The van der Waals surface area contributed by atoms with E-state index >= 15 is 0 Å². The number of carbonyl (C=O) groups excluding carboxylic acids is 2. The minimum atomic E-state index is -1.26. The number of hydrogen-bond donors (Lipinski definition) is 0. The van der Waals surface area contributed by atoms with E-state index in [0.717, 1.165) is 11.8 Å². The number of carboxylic acid groups (broad SMARTS) is 1. The number of rotatable bonds is 6. The Kier molecular flexibility index (Phi) is 5.20. The SMILES string of the molecule is CC(=O)[C@@H](C)Sc1nnc(-c2ccc(Cl)cc2)n1CC(=O)[O-]. The van der Waals surface area contributed by atoms with Crippen LogP contribution in [-0.4, -0.2) is 31.8 Å². The summed E-state index contributed by atoms with van der Waals surface area (Å²) in [4.78, 5) is 22.4. The number of halogens is 1. The maximum atomic E-state index is 11.4. The first-order valence-corrected chi connectivity index (χ1v) is 7.70. The minimum absolute atomic E-state index is 0.0268. The number of aliphatic carboxylic acids is 1. The number of aromatic nitrogens is 3. The molecular formula is C14H13ClN3O3S-. The van der Waals surface area contributed by atoms with Gasteiger partial charge in [0, 0.05) is 10.6 Å². The molecule has 2 aromatic rings. The molecule has 0 amide bonds. The van der Waals surface area contributed by atoms with Gasteiger partial charge in [0.1, 0.15) is 5.78 Å². The number of benzene rings is 1. The molecule has 0 radical (unpaired) electrons. The lowest BCUT2D eigenvalue weighted by Gasteiger charge is -2.12. The van der Waals surface area contributed by atoms with Gasteiger partial charge in [-0.3, -0.25) is 9.36 Å². The quantitative estimate of drug-likeness (QED) is 0.740. The van der Waals surface area contributed by atoms with Crippen LogP contribution in [0.4, 0.5) is 0 Å². The monoisotopic (exact) mass is 338 g/mol. The van der Waals surface area contributed by atoms with E-state index < -0.39 is 12.5 Å². The van der Waals surface area contributed by atoms with Crippen molar-refractivity contribution in [2.45, 2.75) is 30.8 Å². The molecule has 1 aromatic carbocycles. The lowest BCUT2D eigenvalue weighted by atomic mass is 10.2. The number of carbonyl (C=O) groups is 2. The third kappa shape index (κ3) is 3.86. The van der Waals surface area contributed by atoms with Crippen LogP contribution < -0.4 is 5.11 Å². The molecule has 0 fully saturated rings. The molecular weight excluding hydrogens is 326 g/mol. The minimum Gasteiger partial charge on any atom is -0.548 e. The van der Waals surface area contributed by atoms with Gasteiger partial charge in [-0.05, 0) is 38.1 Å².